The topological polar surface area (TPSA) is 54.5 Å². The summed E-state index contributed by atoms with van der Waals surface area (Å²) < 4.78 is 112. The number of urea groups is 1. The standard InChI is InChI=1S/C27H22ClF8N3O2/c28-19-6-7-22(37-14-19)25(13-16-4-2-1-3-5-16,38-24(40)39-9-8-17(15-39)26(32,33)34)18-10-20(29)12-21(11-18)41-27(35,36)23(30)31/h1-7,10-12,14,17,23H,8-9,13,15H2,(H,38,40)/t17?,25-/m0/s1. The second kappa shape index (κ2) is 11.7. The van der Waals surface area contributed by atoms with Gasteiger partial charge in [-0.25, -0.2) is 9.18 Å². The molecule has 2 amide bonds. The zero-order chi connectivity index (χ0) is 30.0. The van der Waals surface area contributed by atoms with Crippen molar-refractivity contribution in [1.29, 1.82) is 0 Å². The van der Waals surface area contributed by atoms with Gasteiger partial charge in [0.05, 0.1) is 16.6 Å². The van der Waals surface area contributed by atoms with E-state index in [0.29, 0.717) is 11.6 Å². The highest BCUT2D eigenvalue weighted by molar-refractivity contribution is 6.30. The number of nitrogens with one attached hydrogen (secondary N) is 1. The number of alkyl halides is 7. The molecule has 0 saturated carbocycles. The minimum absolute atomic E-state index is 0.00263. The number of benzene rings is 2. The summed E-state index contributed by atoms with van der Waals surface area (Å²) in [7, 11) is 0. The fourth-order valence-electron chi connectivity index (χ4n) is 4.59. The predicted octanol–water partition coefficient (Wildman–Crippen LogP) is 7.19. The predicted molar refractivity (Wildman–Crippen MR) is 132 cm³/mol. The first-order valence-electron chi connectivity index (χ1n) is 12.2. The van der Waals surface area contributed by atoms with Crippen molar-refractivity contribution in [3.63, 3.8) is 0 Å². The number of rotatable bonds is 8. The van der Waals surface area contributed by atoms with E-state index in [1.54, 1.807) is 30.3 Å². The number of carbonyl (C=O) groups is 1. The van der Waals surface area contributed by atoms with E-state index in [9.17, 15) is 39.9 Å². The number of aromatic nitrogens is 1. The summed E-state index contributed by atoms with van der Waals surface area (Å²) in [5.41, 5.74) is -1.65. The van der Waals surface area contributed by atoms with E-state index in [1.807, 2.05) is 0 Å². The van der Waals surface area contributed by atoms with Crippen molar-refractivity contribution in [2.45, 2.75) is 37.1 Å². The number of likely N-dealkylation sites (tertiary alicyclic amines) is 1. The van der Waals surface area contributed by atoms with Crippen molar-refractivity contribution >= 4 is 17.6 Å². The monoisotopic (exact) mass is 607 g/mol. The second-order valence-electron chi connectivity index (χ2n) is 9.47. The molecule has 1 fully saturated rings. The number of hydrogen-bond acceptors (Lipinski definition) is 3. The molecule has 2 aromatic carbocycles. The largest absolute Gasteiger partial charge is 0.461 e. The molecule has 1 unspecified atom stereocenters. The maximum atomic E-state index is 14.9. The lowest BCUT2D eigenvalue weighted by Crippen LogP contribution is -2.53. The van der Waals surface area contributed by atoms with Crippen LogP contribution in [0.15, 0.2) is 66.9 Å². The van der Waals surface area contributed by atoms with Crippen LogP contribution in [-0.2, 0) is 12.0 Å². The molecule has 41 heavy (non-hydrogen) atoms. The maximum Gasteiger partial charge on any atom is 0.461 e. The number of pyridine rings is 1. The van der Waals surface area contributed by atoms with Crippen molar-refractivity contribution < 1.29 is 44.7 Å². The van der Waals surface area contributed by atoms with Gasteiger partial charge in [-0.05, 0) is 41.8 Å². The third kappa shape index (κ3) is 7.00. The lowest BCUT2D eigenvalue weighted by molar-refractivity contribution is -0.253. The van der Waals surface area contributed by atoms with Gasteiger partial charge in [-0.2, -0.15) is 30.7 Å². The fraction of sp³-hybridized carbons (Fsp3) is 0.333. The third-order valence-electron chi connectivity index (χ3n) is 6.61. The first-order chi connectivity index (χ1) is 19.2. The molecule has 5 nitrogen and oxygen atoms in total. The summed E-state index contributed by atoms with van der Waals surface area (Å²) in [6, 6.07) is 12.2. The summed E-state index contributed by atoms with van der Waals surface area (Å²) in [6.45, 7) is -0.896. The summed E-state index contributed by atoms with van der Waals surface area (Å²) in [4.78, 5) is 18.6. The molecule has 1 saturated heterocycles. The molecule has 1 aliphatic heterocycles. The summed E-state index contributed by atoms with van der Waals surface area (Å²) in [5, 5.41) is 2.81. The van der Waals surface area contributed by atoms with Crippen LogP contribution < -0.4 is 10.1 Å². The quantitative estimate of drug-likeness (QED) is 0.276. The van der Waals surface area contributed by atoms with E-state index >= 15 is 0 Å². The minimum Gasteiger partial charge on any atom is -0.428 e. The van der Waals surface area contributed by atoms with E-state index in [-0.39, 0.29) is 35.7 Å². The Bertz CT molecular complexity index is 1360. The number of halogens is 9. The molecule has 4 rings (SSSR count). The van der Waals surface area contributed by atoms with Crippen LogP contribution in [0.2, 0.25) is 5.02 Å². The molecule has 2 atom stereocenters. The molecule has 1 N–H and O–H groups in total. The summed E-state index contributed by atoms with van der Waals surface area (Å²) in [5.74, 6) is -3.93. The zero-order valence-corrected chi connectivity index (χ0v) is 21.7. The summed E-state index contributed by atoms with van der Waals surface area (Å²) in [6.07, 6.45) is -13.1. The van der Waals surface area contributed by atoms with Gasteiger partial charge in [0.1, 0.15) is 17.1 Å². The van der Waals surface area contributed by atoms with Gasteiger partial charge in [0.15, 0.2) is 0 Å². The highest BCUT2D eigenvalue weighted by Gasteiger charge is 2.47. The lowest BCUT2D eigenvalue weighted by Gasteiger charge is -2.37. The van der Waals surface area contributed by atoms with E-state index in [0.717, 1.165) is 17.0 Å². The number of hydrogen-bond donors (Lipinski definition) is 1. The first-order valence-corrected chi connectivity index (χ1v) is 12.5. The van der Waals surface area contributed by atoms with Gasteiger partial charge < -0.3 is 15.0 Å². The van der Waals surface area contributed by atoms with Gasteiger partial charge in [-0.15, -0.1) is 0 Å². The molecule has 2 heterocycles. The van der Waals surface area contributed by atoms with Crippen LogP contribution in [0.1, 0.15) is 23.2 Å². The number of amides is 2. The van der Waals surface area contributed by atoms with Crippen LogP contribution in [0.4, 0.5) is 39.9 Å². The van der Waals surface area contributed by atoms with Crippen molar-refractivity contribution in [2.24, 2.45) is 5.92 Å². The SMILES string of the molecule is O=C(N[C@@](Cc1ccccc1)(c1cc(F)cc(OC(F)(F)C(F)F)c1)c1ccc(Cl)cn1)N1CCC(C(F)(F)F)C1. The Labute approximate surface area is 234 Å². The summed E-state index contributed by atoms with van der Waals surface area (Å²) >= 11 is 5.99. The maximum absolute atomic E-state index is 14.9. The van der Waals surface area contributed by atoms with Gasteiger partial charge in [0.2, 0.25) is 0 Å². The molecule has 0 radical (unpaired) electrons. The smallest absolute Gasteiger partial charge is 0.428 e. The van der Waals surface area contributed by atoms with Gasteiger partial charge in [-0.1, -0.05) is 41.9 Å². The number of nitrogens with zero attached hydrogens (tertiary/aromatic N) is 2. The molecule has 0 bridgehead atoms. The van der Waals surface area contributed by atoms with Crippen LogP contribution >= 0.6 is 11.6 Å². The highest BCUT2D eigenvalue weighted by atomic mass is 35.5. The van der Waals surface area contributed by atoms with Gasteiger partial charge >= 0.3 is 24.7 Å². The molecular weight excluding hydrogens is 586 g/mol. The highest BCUT2D eigenvalue weighted by Crippen LogP contribution is 2.38. The van der Waals surface area contributed by atoms with Crippen LogP contribution in [0.25, 0.3) is 0 Å². The zero-order valence-electron chi connectivity index (χ0n) is 20.9. The van der Waals surface area contributed by atoms with Gasteiger partial charge in [-0.3, -0.25) is 4.98 Å². The van der Waals surface area contributed by atoms with E-state index in [1.165, 1.54) is 18.3 Å². The van der Waals surface area contributed by atoms with E-state index in [4.69, 9.17) is 11.6 Å². The van der Waals surface area contributed by atoms with Gasteiger partial charge in [0, 0.05) is 31.8 Å². The Kier molecular flexibility index (Phi) is 8.67. The molecule has 0 aliphatic carbocycles. The van der Waals surface area contributed by atoms with Crippen molar-refractivity contribution in [3.05, 3.63) is 94.5 Å². The molecule has 0 spiro atoms. The Morgan fingerprint density at radius 3 is 2.37 bits per heavy atom. The van der Waals surface area contributed by atoms with Crippen LogP contribution in [-0.4, -0.2) is 47.7 Å². The van der Waals surface area contributed by atoms with Crippen molar-refractivity contribution in [3.8, 4) is 5.75 Å². The molecule has 1 aliphatic rings. The lowest BCUT2D eigenvalue weighted by atomic mass is 9.80. The Balaban J connectivity index is 1.86. The normalized spacial score (nSPS) is 17.4. The fourth-order valence-corrected chi connectivity index (χ4v) is 4.71. The number of ether oxygens (including phenoxy) is 1. The molecule has 1 aromatic heterocycles. The molecular formula is C27H22ClF8N3O2. The first kappa shape index (κ1) is 30.4. The van der Waals surface area contributed by atoms with Gasteiger partial charge in [0.25, 0.3) is 0 Å². The second-order valence-corrected chi connectivity index (χ2v) is 9.91. The molecule has 3 aromatic rings. The Hall–Kier alpha value is -3.61. The number of carbonyl (C=O) groups excluding carboxylic acids is 1. The minimum atomic E-state index is -4.98. The third-order valence-corrected chi connectivity index (χ3v) is 6.83. The van der Waals surface area contributed by atoms with Crippen molar-refractivity contribution in [2.75, 3.05) is 13.1 Å². The Morgan fingerprint density at radius 1 is 1.07 bits per heavy atom. The average molecular weight is 608 g/mol. The van der Waals surface area contributed by atoms with Crippen LogP contribution in [0.3, 0.4) is 0 Å². The Morgan fingerprint density at radius 2 is 1.78 bits per heavy atom. The van der Waals surface area contributed by atoms with E-state index in [2.05, 4.69) is 15.0 Å². The molecule has 220 valence electrons. The van der Waals surface area contributed by atoms with Crippen molar-refractivity contribution in [1.82, 2.24) is 15.2 Å². The van der Waals surface area contributed by atoms with Crippen LogP contribution in [0.5, 0.6) is 5.75 Å². The van der Waals surface area contributed by atoms with E-state index < -0.39 is 54.3 Å². The molecule has 14 heteroatoms. The van der Waals surface area contributed by atoms with Crippen LogP contribution in [0, 0.1) is 11.7 Å². The average Bonchev–Trinajstić information content (AvgIpc) is 3.40.